The molecule has 0 saturated heterocycles. The lowest BCUT2D eigenvalue weighted by Gasteiger charge is -2.34. The fourth-order valence-corrected chi connectivity index (χ4v) is 2.63. The number of fused-ring (bicyclic) bond motifs is 1. The van der Waals surface area contributed by atoms with Crippen LogP contribution < -0.4 is 0 Å². The first-order valence-corrected chi connectivity index (χ1v) is 6.12. The summed E-state index contributed by atoms with van der Waals surface area (Å²) in [6.07, 6.45) is 1.33. The molecule has 1 saturated carbocycles. The monoisotopic (exact) mass is 292 g/mol. The summed E-state index contributed by atoms with van der Waals surface area (Å²) in [5.41, 5.74) is 0.919. The van der Waals surface area contributed by atoms with Gasteiger partial charge in [0, 0.05) is 19.4 Å². The fraction of sp³-hybridized carbons (Fsp3) is 0.500. The number of nitrogens with zero attached hydrogens (tertiary/aromatic N) is 4. The normalized spacial score (nSPS) is 19.1. The minimum absolute atomic E-state index is 0.0215. The van der Waals surface area contributed by atoms with Crippen molar-refractivity contribution < 1.29 is 8.78 Å². The summed E-state index contributed by atoms with van der Waals surface area (Å²) in [5, 5.41) is 0.191. The molecule has 2 aromatic rings. The molecule has 2 heterocycles. The quantitative estimate of drug-likeness (QED) is 0.631. The molecule has 1 aliphatic carbocycles. The summed E-state index contributed by atoms with van der Waals surface area (Å²) in [4.78, 5) is 11.9. The van der Waals surface area contributed by atoms with Gasteiger partial charge >= 0.3 is 0 Å². The predicted molar refractivity (Wildman–Crippen MR) is 63.0 cm³/mol. The van der Waals surface area contributed by atoms with Gasteiger partial charge in [-0.3, -0.25) is 0 Å². The van der Waals surface area contributed by atoms with Gasteiger partial charge in [0.05, 0.1) is 6.33 Å². The van der Waals surface area contributed by atoms with Gasteiger partial charge in [0.1, 0.15) is 5.52 Å². The van der Waals surface area contributed by atoms with E-state index in [0.29, 0.717) is 17.7 Å². The second-order valence-corrected chi connectivity index (χ2v) is 5.18. The van der Waals surface area contributed by atoms with Crippen LogP contribution in [0.25, 0.3) is 11.2 Å². The maximum Gasteiger partial charge on any atom is 0.248 e. The van der Waals surface area contributed by atoms with E-state index in [-0.39, 0.29) is 29.2 Å². The Kier molecular flexibility index (Phi) is 2.67. The lowest BCUT2D eigenvalue weighted by atomic mass is 9.81. The van der Waals surface area contributed by atoms with Crippen LogP contribution in [0.1, 0.15) is 12.8 Å². The largest absolute Gasteiger partial charge is 0.315 e. The van der Waals surface area contributed by atoms with Crippen LogP contribution in [0.15, 0.2) is 6.33 Å². The van der Waals surface area contributed by atoms with Crippen LogP contribution in [0.3, 0.4) is 0 Å². The third-order valence-corrected chi connectivity index (χ3v) is 3.46. The van der Waals surface area contributed by atoms with E-state index in [4.69, 9.17) is 23.2 Å². The van der Waals surface area contributed by atoms with E-state index in [1.54, 1.807) is 4.57 Å². The third kappa shape index (κ3) is 2.03. The number of alkyl halides is 2. The number of hydrogen-bond donors (Lipinski definition) is 0. The number of imidazole rings is 1. The molecule has 0 atom stereocenters. The van der Waals surface area contributed by atoms with Gasteiger partial charge in [-0.15, -0.1) is 0 Å². The van der Waals surface area contributed by atoms with Crippen molar-refractivity contribution in [2.45, 2.75) is 25.3 Å². The second-order valence-electron chi connectivity index (χ2n) is 4.48. The molecule has 0 aliphatic heterocycles. The lowest BCUT2D eigenvalue weighted by molar-refractivity contribution is -0.113. The zero-order valence-electron chi connectivity index (χ0n) is 9.08. The lowest BCUT2D eigenvalue weighted by Crippen LogP contribution is -2.37. The fourth-order valence-electron chi connectivity index (χ4n) is 2.21. The van der Waals surface area contributed by atoms with Crippen molar-refractivity contribution in [3.05, 3.63) is 16.8 Å². The molecule has 0 aromatic carbocycles. The summed E-state index contributed by atoms with van der Waals surface area (Å²) < 4.78 is 27.2. The Morgan fingerprint density at radius 1 is 1.33 bits per heavy atom. The molecule has 4 nitrogen and oxygen atoms in total. The summed E-state index contributed by atoms with van der Waals surface area (Å²) in [5.74, 6) is -2.59. The summed E-state index contributed by atoms with van der Waals surface area (Å²) in [6, 6.07) is 0. The van der Waals surface area contributed by atoms with Crippen molar-refractivity contribution in [2.75, 3.05) is 0 Å². The van der Waals surface area contributed by atoms with Crippen LogP contribution in [-0.2, 0) is 6.54 Å². The SMILES string of the molecule is FC1(F)CC(Cn2cnc3c(Cl)nc(Cl)nc32)C1. The van der Waals surface area contributed by atoms with Crippen LogP contribution >= 0.6 is 23.2 Å². The summed E-state index contributed by atoms with van der Waals surface area (Å²) in [7, 11) is 0. The molecule has 96 valence electrons. The average molecular weight is 293 g/mol. The molecule has 2 aromatic heterocycles. The highest BCUT2D eigenvalue weighted by molar-refractivity contribution is 6.35. The van der Waals surface area contributed by atoms with Crippen LogP contribution in [-0.4, -0.2) is 25.4 Å². The zero-order chi connectivity index (χ0) is 12.9. The minimum atomic E-state index is -2.52. The summed E-state index contributed by atoms with van der Waals surface area (Å²) >= 11 is 11.6. The van der Waals surface area contributed by atoms with Gasteiger partial charge in [0.15, 0.2) is 10.8 Å². The Labute approximate surface area is 111 Å². The van der Waals surface area contributed by atoms with Crippen LogP contribution in [0.2, 0.25) is 10.4 Å². The maximum absolute atomic E-state index is 12.8. The van der Waals surface area contributed by atoms with Gasteiger partial charge in [-0.25, -0.2) is 18.7 Å². The van der Waals surface area contributed by atoms with Crippen LogP contribution in [0.4, 0.5) is 8.78 Å². The molecule has 0 bridgehead atoms. The first-order valence-electron chi connectivity index (χ1n) is 5.36. The van der Waals surface area contributed by atoms with E-state index >= 15 is 0 Å². The Hall–Kier alpha value is -1.01. The first kappa shape index (κ1) is 12.0. The second kappa shape index (κ2) is 3.99. The number of hydrogen-bond acceptors (Lipinski definition) is 3. The highest BCUT2D eigenvalue weighted by Crippen LogP contribution is 2.43. The van der Waals surface area contributed by atoms with E-state index in [9.17, 15) is 8.78 Å². The van der Waals surface area contributed by atoms with Crippen molar-refractivity contribution in [2.24, 2.45) is 5.92 Å². The zero-order valence-corrected chi connectivity index (χ0v) is 10.6. The van der Waals surface area contributed by atoms with E-state index < -0.39 is 5.92 Å². The Morgan fingerprint density at radius 3 is 2.72 bits per heavy atom. The molecule has 0 spiro atoms. The molecule has 8 heteroatoms. The van der Waals surface area contributed by atoms with Crippen LogP contribution in [0, 0.1) is 5.92 Å². The molecule has 0 N–H and O–H groups in total. The van der Waals surface area contributed by atoms with E-state index in [1.165, 1.54) is 6.33 Å². The molecule has 1 aliphatic rings. The van der Waals surface area contributed by atoms with Crippen molar-refractivity contribution in [3.63, 3.8) is 0 Å². The molecule has 0 radical (unpaired) electrons. The highest BCUT2D eigenvalue weighted by Gasteiger charge is 2.45. The van der Waals surface area contributed by atoms with Gasteiger partial charge in [-0.1, -0.05) is 11.6 Å². The molecule has 0 unspecified atom stereocenters. The van der Waals surface area contributed by atoms with Crippen molar-refractivity contribution in [1.82, 2.24) is 19.5 Å². The van der Waals surface area contributed by atoms with Gasteiger partial charge in [-0.05, 0) is 17.5 Å². The summed E-state index contributed by atoms with van der Waals surface area (Å²) in [6.45, 7) is 0.440. The molecular weight excluding hydrogens is 285 g/mol. The van der Waals surface area contributed by atoms with Gasteiger partial charge < -0.3 is 4.57 Å². The predicted octanol–water partition coefficient (Wildman–Crippen LogP) is 3.18. The number of halogens is 4. The minimum Gasteiger partial charge on any atom is -0.315 e. The molecule has 1 fully saturated rings. The van der Waals surface area contributed by atoms with Crippen molar-refractivity contribution >= 4 is 34.4 Å². The van der Waals surface area contributed by atoms with Gasteiger partial charge in [0.25, 0.3) is 0 Å². The van der Waals surface area contributed by atoms with E-state index in [1.807, 2.05) is 0 Å². The van der Waals surface area contributed by atoms with Gasteiger partial charge in [0.2, 0.25) is 11.2 Å². The van der Waals surface area contributed by atoms with Crippen molar-refractivity contribution in [1.29, 1.82) is 0 Å². The van der Waals surface area contributed by atoms with Gasteiger partial charge in [-0.2, -0.15) is 4.98 Å². The Bertz CT molecular complexity index is 605. The number of rotatable bonds is 2. The van der Waals surface area contributed by atoms with E-state index in [0.717, 1.165) is 0 Å². The standard InChI is InChI=1S/C10H8Cl2F2N4/c11-7-6-8(17-9(12)16-7)18(4-15-6)3-5-1-10(13,14)2-5/h4-5H,1-3H2. The maximum atomic E-state index is 12.8. The van der Waals surface area contributed by atoms with Crippen molar-refractivity contribution in [3.8, 4) is 0 Å². The number of aromatic nitrogens is 4. The molecular formula is C10H8Cl2F2N4. The first-order chi connectivity index (χ1) is 8.44. The molecule has 0 amide bonds. The third-order valence-electron chi connectivity index (χ3n) is 3.02. The van der Waals surface area contributed by atoms with Crippen LogP contribution in [0.5, 0.6) is 0 Å². The topological polar surface area (TPSA) is 43.6 Å². The highest BCUT2D eigenvalue weighted by atomic mass is 35.5. The van der Waals surface area contributed by atoms with E-state index in [2.05, 4.69) is 15.0 Å². The average Bonchev–Trinajstić information content (AvgIpc) is 2.59. The smallest absolute Gasteiger partial charge is 0.248 e. The molecule has 18 heavy (non-hydrogen) atoms. The molecule has 3 rings (SSSR count). The Balaban J connectivity index is 1.89. The Morgan fingerprint density at radius 2 is 2.06 bits per heavy atom.